The first-order valence-electron chi connectivity index (χ1n) is 7.12. The van der Waals surface area contributed by atoms with Crippen LogP contribution in [0.2, 0.25) is 0 Å². The number of hydrogen-bond donors (Lipinski definition) is 1. The van der Waals surface area contributed by atoms with Gasteiger partial charge in [-0.2, -0.15) is 11.8 Å². The summed E-state index contributed by atoms with van der Waals surface area (Å²) < 4.78 is 0. The highest BCUT2D eigenvalue weighted by Crippen LogP contribution is 2.16. The zero-order chi connectivity index (χ0) is 13.5. The Labute approximate surface area is 117 Å². The Balaban J connectivity index is 2.22. The smallest absolute Gasteiger partial charge is 0.0793 e. The van der Waals surface area contributed by atoms with Gasteiger partial charge in [0.2, 0.25) is 0 Å². The number of likely N-dealkylation sites (tertiary alicyclic amines) is 1. The molecule has 2 unspecified atom stereocenters. The zero-order valence-corrected chi connectivity index (χ0v) is 13.2. The fraction of sp³-hybridized carbons (Fsp3) is 1.00. The summed E-state index contributed by atoms with van der Waals surface area (Å²) in [5.41, 5.74) is 0. The molecule has 0 aromatic heterocycles. The molecule has 1 aliphatic rings. The number of β-amino-alcohol motifs (C(OH)–C–C–N with tert-alkyl or cyclic N) is 1. The van der Waals surface area contributed by atoms with Crippen molar-refractivity contribution in [1.82, 2.24) is 9.80 Å². The molecule has 4 heteroatoms. The lowest BCUT2D eigenvalue weighted by molar-refractivity contribution is 0.0614. The van der Waals surface area contributed by atoms with Gasteiger partial charge in [0.05, 0.1) is 6.10 Å². The van der Waals surface area contributed by atoms with E-state index in [2.05, 4.69) is 37.0 Å². The normalized spacial score (nSPS) is 22.3. The van der Waals surface area contributed by atoms with Crippen LogP contribution in [-0.2, 0) is 0 Å². The van der Waals surface area contributed by atoms with Crippen LogP contribution in [0.4, 0.5) is 0 Å². The second-order valence-electron chi connectivity index (χ2n) is 5.88. The molecule has 1 aliphatic heterocycles. The summed E-state index contributed by atoms with van der Waals surface area (Å²) in [6.07, 6.45) is 4.49. The van der Waals surface area contributed by atoms with Crippen LogP contribution >= 0.6 is 11.8 Å². The highest BCUT2D eigenvalue weighted by Gasteiger charge is 2.20. The average Bonchev–Trinajstić information content (AvgIpc) is 2.32. The number of likely N-dealkylation sites (N-methyl/N-ethyl adjacent to an activating group) is 1. The molecular formula is C14H30N2OS. The average molecular weight is 274 g/mol. The highest BCUT2D eigenvalue weighted by atomic mass is 32.2. The van der Waals surface area contributed by atoms with E-state index in [1.807, 2.05) is 11.8 Å². The Morgan fingerprint density at radius 1 is 1.39 bits per heavy atom. The number of aliphatic hydroxyl groups excluding tert-OH is 1. The number of piperidine rings is 1. The van der Waals surface area contributed by atoms with E-state index in [9.17, 15) is 5.11 Å². The van der Waals surface area contributed by atoms with Crippen molar-refractivity contribution < 1.29 is 5.11 Å². The van der Waals surface area contributed by atoms with Gasteiger partial charge in [0, 0.05) is 24.9 Å². The molecule has 0 spiro atoms. The van der Waals surface area contributed by atoms with E-state index in [4.69, 9.17) is 0 Å². The van der Waals surface area contributed by atoms with Gasteiger partial charge in [-0.05, 0) is 52.1 Å². The van der Waals surface area contributed by atoms with E-state index in [1.54, 1.807) is 0 Å². The molecule has 0 bridgehead atoms. The van der Waals surface area contributed by atoms with Crippen LogP contribution in [0.25, 0.3) is 0 Å². The molecule has 1 saturated heterocycles. The maximum atomic E-state index is 10.2. The molecule has 1 fully saturated rings. The van der Waals surface area contributed by atoms with Gasteiger partial charge in [0.15, 0.2) is 0 Å². The van der Waals surface area contributed by atoms with Gasteiger partial charge in [-0.25, -0.2) is 0 Å². The van der Waals surface area contributed by atoms with Crippen LogP contribution < -0.4 is 0 Å². The summed E-state index contributed by atoms with van der Waals surface area (Å²) in [6, 6.07) is 0.538. The zero-order valence-electron chi connectivity index (χ0n) is 12.4. The second-order valence-corrected chi connectivity index (χ2v) is 6.79. The molecule has 0 aromatic carbocycles. The molecular weight excluding hydrogens is 244 g/mol. The summed E-state index contributed by atoms with van der Waals surface area (Å²) in [4.78, 5) is 4.69. The molecule has 0 aromatic rings. The Kier molecular flexibility index (Phi) is 7.61. The number of thioether (sulfide) groups is 1. The third-order valence-electron chi connectivity index (χ3n) is 4.00. The van der Waals surface area contributed by atoms with Crippen molar-refractivity contribution in [3.05, 3.63) is 0 Å². The van der Waals surface area contributed by atoms with E-state index < -0.39 is 0 Å². The van der Waals surface area contributed by atoms with Gasteiger partial charge in [-0.15, -0.1) is 0 Å². The van der Waals surface area contributed by atoms with Crippen molar-refractivity contribution >= 4 is 11.8 Å². The monoisotopic (exact) mass is 274 g/mol. The van der Waals surface area contributed by atoms with Gasteiger partial charge < -0.3 is 14.9 Å². The summed E-state index contributed by atoms with van der Waals surface area (Å²) >= 11 is 1.87. The Hall–Kier alpha value is 0.230. The van der Waals surface area contributed by atoms with Gasteiger partial charge in [0.1, 0.15) is 0 Å². The Bertz CT molecular complexity index is 216. The van der Waals surface area contributed by atoms with E-state index in [0.29, 0.717) is 6.04 Å². The topological polar surface area (TPSA) is 26.7 Å². The van der Waals surface area contributed by atoms with Crippen LogP contribution in [0.5, 0.6) is 0 Å². The minimum absolute atomic E-state index is 0.215. The third-order valence-corrected chi connectivity index (χ3v) is 4.82. The highest BCUT2D eigenvalue weighted by molar-refractivity contribution is 7.98. The first kappa shape index (κ1) is 16.3. The molecule has 2 atom stereocenters. The molecule has 1 heterocycles. The van der Waals surface area contributed by atoms with Crippen LogP contribution in [0.1, 0.15) is 26.7 Å². The fourth-order valence-corrected chi connectivity index (χ4v) is 3.22. The van der Waals surface area contributed by atoms with Gasteiger partial charge >= 0.3 is 0 Å². The fourth-order valence-electron chi connectivity index (χ4n) is 2.48. The molecule has 0 radical (unpaired) electrons. The van der Waals surface area contributed by atoms with Crippen LogP contribution in [0.15, 0.2) is 0 Å². The molecule has 1 rings (SSSR count). The number of nitrogens with zero attached hydrogens (tertiary/aromatic N) is 2. The summed E-state index contributed by atoms with van der Waals surface area (Å²) in [5.74, 6) is 1.99. The predicted molar refractivity (Wildman–Crippen MR) is 81.3 cm³/mol. The quantitative estimate of drug-likeness (QED) is 0.765. The van der Waals surface area contributed by atoms with Crippen molar-refractivity contribution in [3.63, 3.8) is 0 Å². The summed E-state index contributed by atoms with van der Waals surface area (Å²) in [5, 5.41) is 10.2. The molecule has 3 nitrogen and oxygen atoms in total. The van der Waals surface area contributed by atoms with Crippen LogP contribution in [-0.4, -0.2) is 72.3 Å². The van der Waals surface area contributed by atoms with Crippen molar-refractivity contribution in [2.45, 2.75) is 38.8 Å². The van der Waals surface area contributed by atoms with Crippen molar-refractivity contribution in [2.75, 3.05) is 45.2 Å². The number of rotatable bonds is 7. The molecule has 1 N–H and O–H groups in total. The summed E-state index contributed by atoms with van der Waals surface area (Å²) in [7, 11) is 2.11. The molecule has 0 saturated carbocycles. The van der Waals surface area contributed by atoms with E-state index >= 15 is 0 Å². The van der Waals surface area contributed by atoms with Crippen molar-refractivity contribution in [2.24, 2.45) is 5.92 Å². The molecule has 0 amide bonds. The molecule has 18 heavy (non-hydrogen) atoms. The maximum Gasteiger partial charge on any atom is 0.0793 e. The third kappa shape index (κ3) is 5.91. The Morgan fingerprint density at radius 2 is 2.00 bits per heavy atom. The van der Waals surface area contributed by atoms with Gasteiger partial charge in [0.25, 0.3) is 0 Å². The maximum absolute atomic E-state index is 10.2. The van der Waals surface area contributed by atoms with Gasteiger partial charge in [-0.3, -0.25) is 0 Å². The number of hydrogen-bond acceptors (Lipinski definition) is 4. The van der Waals surface area contributed by atoms with Crippen LogP contribution in [0, 0.1) is 5.92 Å². The van der Waals surface area contributed by atoms with Crippen molar-refractivity contribution in [1.29, 1.82) is 0 Å². The lowest BCUT2D eigenvalue weighted by Crippen LogP contribution is -2.44. The van der Waals surface area contributed by atoms with E-state index in [0.717, 1.165) is 37.8 Å². The van der Waals surface area contributed by atoms with Crippen LogP contribution in [0.3, 0.4) is 0 Å². The first-order chi connectivity index (χ1) is 8.52. The predicted octanol–water partition coefficient (Wildman–Crippen LogP) is 1.76. The molecule has 0 aliphatic carbocycles. The minimum atomic E-state index is -0.215. The lowest BCUT2D eigenvalue weighted by atomic mass is 9.99. The molecule has 108 valence electrons. The van der Waals surface area contributed by atoms with E-state index in [1.165, 1.54) is 12.8 Å². The SMILES string of the molecule is CSCC(C)N(C)CC(O)CN1CCC(C)CC1. The van der Waals surface area contributed by atoms with Gasteiger partial charge in [-0.1, -0.05) is 6.92 Å². The lowest BCUT2D eigenvalue weighted by Gasteiger charge is -2.33. The largest absolute Gasteiger partial charge is 0.390 e. The first-order valence-corrected chi connectivity index (χ1v) is 8.52. The second kappa shape index (κ2) is 8.41. The standard InChI is InChI=1S/C14H30N2OS/c1-12-5-7-16(8-6-12)10-14(17)9-15(3)13(2)11-18-4/h12-14,17H,5-11H2,1-4H3. The van der Waals surface area contributed by atoms with E-state index in [-0.39, 0.29) is 6.10 Å². The van der Waals surface area contributed by atoms with Crippen molar-refractivity contribution in [3.8, 4) is 0 Å². The Morgan fingerprint density at radius 3 is 2.56 bits per heavy atom. The summed E-state index contributed by atoms with van der Waals surface area (Å²) in [6.45, 7) is 8.48. The minimum Gasteiger partial charge on any atom is -0.390 e. The number of aliphatic hydroxyl groups is 1.